The number of rotatable bonds is 3. The van der Waals surface area contributed by atoms with Crippen molar-refractivity contribution in [2.45, 2.75) is 31.7 Å². The van der Waals surface area contributed by atoms with E-state index in [9.17, 15) is 10.1 Å². The SMILES string of the molecule is Cn1cnc([N+](=O)[O-])c1NC1(C)CCC1. The van der Waals surface area contributed by atoms with Gasteiger partial charge in [-0.1, -0.05) is 0 Å². The molecule has 0 aromatic carbocycles. The van der Waals surface area contributed by atoms with Gasteiger partial charge in [0.25, 0.3) is 0 Å². The predicted octanol–water partition coefficient (Wildman–Crippen LogP) is 1.68. The van der Waals surface area contributed by atoms with Gasteiger partial charge in [0.15, 0.2) is 0 Å². The van der Waals surface area contributed by atoms with E-state index in [1.54, 1.807) is 11.6 Å². The van der Waals surface area contributed by atoms with Crippen molar-refractivity contribution in [1.29, 1.82) is 0 Å². The lowest BCUT2D eigenvalue weighted by molar-refractivity contribution is -0.388. The molecule has 1 aliphatic carbocycles. The maximum atomic E-state index is 10.7. The molecule has 1 N–H and O–H groups in total. The third-order valence-corrected chi connectivity index (χ3v) is 2.97. The number of nitrogens with zero attached hydrogens (tertiary/aromatic N) is 3. The van der Waals surface area contributed by atoms with Gasteiger partial charge < -0.3 is 15.4 Å². The van der Waals surface area contributed by atoms with Crippen LogP contribution in [-0.4, -0.2) is 20.0 Å². The molecule has 0 saturated heterocycles. The Morgan fingerprint density at radius 2 is 2.33 bits per heavy atom. The molecule has 82 valence electrons. The Balaban J connectivity index is 2.26. The summed E-state index contributed by atoms with van der Waals surface area (Å²) in [5.41, 5.74) is -0.00144. The third-order valence-electron chi connectivity index (χ3n) is 2.97. The van der Waals surface area contributed by atoms with Crippen molar-refractivity contribution in [1.82, 2.24) is 9.55 Å². The highest BCUT2D eigenvalue weighted by molar-refractivity contribution is 5.54. The first kappa shape index (κ1) is 9.95. The summed E-state index contributed by atoms with van der Waals surface area (Å²) in [6.07, 6.45) is 4.74. The average molecular weight is 210 g/mol. The number of nitro groups is 1. The summed E-state index contributed by atoms with van der Waals surface area (Å²) in [6.45, 7) is 2.08. The molecule has 6 heteroatoms. The summed E-state index contributed by atoms with van der Waals surface area (Å²) in [5, 5.41) is 13.9. The fourth-order valence-corrected chi connectivity index (χ4v) is 1.81. The van der Waals surface area contributed by atoms with Crippen molar-refractivity contribution in [2.24, 2.45) is 7.05 Å². The topological polar surface area (TPSA) is 73.0 Å². The molecule has 1 heterocycles. The van der Waals surface area contributed by atoms with E-state index in [1.165, 1.54) is 12.7 Å². The number of aryl methyl sites for hydroxylation is 1. The molecule has 0 radical (unpaired) electrons. The maximum Gasteiger partial charge on any atom is 0.406 e. The lowest BCUT2D eigenvalue weighted by atomic mass is 9.78. The molecule has 15 heavy (non-hydrogen) atoms. The Kier molecular flexibility index (Phi) is 2.13. The number of aromatic nitrogens is 2. The minimum absolute atomic E-state index is 0.00144. The molecule has 1 aliphatic rings. The Bertz CT molecular complexity index is 395. The molecule has 0 aliphatic heterocycles. The van der Waals surface area contributed by atoms with Gasteiger partial charge in [-0.15, -0.1) is 0 Å². The molecule has 0 atom stereocenters. The third kappa shape index (κ3) is 1.67. The summed E-state index contributed by atoms with van der Waals surface area (Å²) in [7, 11) is 1.75. The Morgan fingerprint density at radius 3 is 2.80 bits per heavy atom. The highest BCUT2D eigenvalue weighted by atomic mass is 16.6. The van der Waals surface area contributed by atoms with Crippen molar-refractivity contribution < 1.29 is 4.92 Å². The van der Waals surface area contributed by atoms with Crippen LogP contribution in [0.2, 0.25) is 0 Å². The van der Waals surface area contributed by atoms with Crippen LogP contribution < -0.4 is 5.32 Å². The number of imidazole rings is 1. The van der Waals surface area contributed by atoms with Gasteiger partial charge in [0, 0.05) is 12.6 Å². The van der Waals surface area contributed by atoms with Crippen molar-refractivity contribution >= 4 is 11.6 Å². The van der Waals surface area contributed by atoms with E-state index in [0.29, 0.717) is 5.82 Å². The maximum absolute atomic E-state index is 10.7. The van der Waals surface area contributed by atoms with Gasteiger partial charge in [0.1, 0.15) is 0 Å². The molecule has 0 amide bonds. The van der Waals surface area contributed by atoms with Crippen LogP contribution >= 0.6 is 0 Å². The van der Waals surface area contributed by atoms with Gasteiger partial charge in [-0.05, 0) is 36.1 Å². The van der Waals surface area contributed by atoms with Gasteiger partial charge in [-0.3, -0.25) is 4.57 Å². The molecule has 1 aromatic heterocycles. The summed E-state index contributed by atoms with van der Waals surface area (Å²) in [4.78, 5) is 14.0. The van der Waals surface area contributed by atoms with Gasteiger partial charge in [0.2, 0.25) is 12.1 Å². The van der Waals surface area contributed by atoms with Crippen molar-refractivity contribution in [3.8, 4) is 0 Å². The first-order chi connectivity index (χ1) is 7.02. The normalized spacial score (nSPS) is 18.3. The van der Waals surface area contributed by atoms with Crippen LogP contribution in [0.3, 0.4) is 0 Å². The zero-order valence-corrected chi connectivity index (χ0v) is 8.86. The van der Waals surface area contributed by atoms with E-state index in [1.807, 2.05) is 0 Å². The molecular weight excluding hydrogens is 196 g/mol. The van der Waals surface area contributed by atoms with Crippen LogP contribution in [0.1, 0.15) is 26.2 Å². The van der Waals surface area contributed by atoms with Crippen LogP contribution in [0.15, 0.2) is 6.33 Å². The summed E-state index contributed by atoms with van der Waals surface area (Å²) >= 11 is 0. The molecule has 1 saturated carbocycles. The van der Waals surface area contributed by atoms with Crippen LogP contribution in [0.5, 0.6) is 0 Å². The largest absolute Gasteiger partial charge is 0.406 e. The Morgan fingerprint density at radius 1 is 1.67 bits per heavy atom. The van der Waals surface area contributed by atoms with Crippen LogP contribution in [-0.2, 0) is 7.05 Å². The monoisotopic (exact) mass is 210 g/mol. The van der Waals surface area contributed by atoms with E-state index in [0.717, 1.165) is 12.8 Å². The number of nitrogens with one attached hydrogen (secondary N) is 1. The van der Waals surface area contributed by atoms with Crippen LogP contribution in [0.25, 0.3) is 0 Å². The van der Waals surface area contributed by atoms with Crippen LogP contribution in [0, 0.1) is 10.1 Å². The first-order valence-corrected chi connectivity index (χ1v) is 4.96. The standard InChI is InChI=1S/C9H14N4O2/c1-9(4-3-5-9)11-8-7(13(14)15)10-6-12(8)2/h6,11H,3-5H2,1-2H3. The fraction of sp³-hybridized carbons (Fsp3) is 0.667. The lowest BCUT2D eigenvalue weighted by Gasteiger charge is -2.39. The van der Waals surface area contributed by atoms with E-state index < -0.39 is 4.92 Å². The van der Waals surface area contributed by atoms with Crippen molar-refractivity contribution in [3.05, 3.63) is 16.4 Å². The number of anilines is 1. The molecule has 1 aromatic rings. The van der Waals surface area contributed by atoms with Crippen molar-refractivity contribution in [3.63, 3.8) is 0 Å². The summed E-state index contributed by atoms with van der Waals surface area (Å²) < 4.78 is 1.65. The van der Waals surface area contributed by atoms with E-state index >= 15 is 0 Å². The molecule has 1 fully saturated rings. The Hall–Kier alpha value is -1.59. The fourth-order valence-electron chi connectivity index (χ4n) is 1.81. The summed E-state index contributed by atoms with van der Waals surface area (Å²) in [6, 6.07) is 0. The highest BCUT2D eigenvalue weighted by Crippen LogP contribution is 2.36. The van der Waals surface area contributed by atoms with Crippen LogP contribution in [0.4, 0.5) is 11.6 Å². The molecular formula is C9H14N4O2. The van der Waals surface area contributed by atoms with Gasteiger partial charge in [-0.25, -0.2) is 0 Å². The smallest absolute Gasteiger partial charge is 0.359 e. The second-order valence-corrected chi connectivity index (χ2v) is 4.32. The lowest BCUT2D eigenvalue weighted by Crippen LogP contribution is -2.42. The van der Waals surface area contributed by atoms with Gasteiger partial charge in [0.05, 0.1) is 0 Å². The molecule has 0 bridgehead atoms. The zero-order chi connectivity index (χ0) is 11.1. The molecule has 0 unspecified atom stereocenters. The van der Waals surface area contributed by atoms with E-state index in [4.69, 9.17) is 0 Å². The van der Waals surface area contributed by atoms with E-state index in [2.05, 4.69) is 17.2 Å². The average Bonchev–Trinajstić information content (AvgIpc) is 2.45. The Labute approximate surface area is 87.5 Å². The summed E-state index contributed by atoms with van der Waals surface area (Å²) in [5.74, 6) is 0.410. The highest BCUT2D eigenvalue weighted by Gasteiger charge is 2.35. The van der Waals surface area contributed by atoms with Gasteiger partial charge in [-0.2, -0.15) is 0 Å². The predicted molar refractivity (Wildman–Crippen MR) is 55.7 cm³/mol. The molecule has 6 nitrogen and oxygen atoms in total. The van der Waals surface area contributed by atoms with E-state index in [-0.39, 0.29) is 11.4 Å². The van der Waals surface area contributed by atoms with Crippen molar-refractivity contribution in [2.75, 3.05) is 5.32 Å². The first-order valence-electron chi connectivity index (χ1n) is 4.96. The second-order valence-electron chi connectivity index (χ2n) is 4.32. The zero-order valence-electron chi connectivity index (χ0n) is 8.86. The minimum atomic E-state index is -0.454. The quantitative estimate of drug-likeness (QED) is 0.608. The second kappa shape index (κ2) is 3.22. The van der Waals surface area contributed by atoms with Gasteiger partial charge >= 0.3 is 5.82 Å². The number of hydrogen-bond donors (Lipinski definition) is 1. The molecule has 0 spiro atoms. The number of hydrogen-bond acceptors (Lipinski definition) is 4. The molecule has 2 rings (SSSR count). The minimum Gasteiger partial charge on any atom is -0.359 e.